The number of phenols is 1. The maximum absolute atomic E-state index is 9.51. The van der Waals surface area contributed by atoms with Gasteiger partial charge in [-0.2, -0.15) is 5.26 Å². The van der Waals surface area contributed by atoms with E-state index < -0.39 is 0 Å². The Morgan fingerprint density at radius 2 is 1.76 bits per heavy atom. The van der Waals surface area contributed by atoms with E-state index in [-0.39, 0.29) is 5.75 Å². The molecule has 0 saturated heterocycles. The predicted molar refractivity (Wildman–Crippen MR) is 64.8 cm³/mol. The minimum Gasteiger partial charge on any atom is -0.508 e. The van der Waals surface area contributed by atoms with Crippen LogP contribution in [0.15, 0.2) is 42.5 Å². The largest absolute Gasteiger partial charge is 0.508 e. The molecule has 0 radical (unpaired) electrons. The minimum absolute atomic E-state index is 0.0925. The lowest BCUT2D eigenvalue weighted by molar-refractivity contribution is 0.415. The fourth-order valence-electron chi connectivity index (χ4n) is 1.63. The molecule has 0 unspecified atom stereocenters. The molecule has 0 spiro atoms. The first-order valence-electron chi connectivity index (χ1n) is 5.11. The average molecular weight is 225 g/mol. The molecule has 0 aliphatic heterocycles. The van der Waals surface area contributed by atoms with Gasteiger partial charge in [0, 0.05) is 0 Å². The molecule has 0 atom stereocenters. The third kappa shape index (κ3) is 2.37. The Balaban J connectivity index is 2.45. The van der Waals surface area contributed by atoms with Crippen molar-refractivity contribution in [3.63, 3.8) is 0 Å². The Morgan fingerprint density at radius 3 is 2.35 bits per heavy atom. The van der Waals surface area contributed by atoms with Crippen LogP contribution < -0.4 is 4.74 Å². The number of nitriles is 1. The van der Waals surface area contributed by atoms with Crippen molar-refractivity contribution in [1.29, 1.82) is 5.26 Å². The molecule has 0 saturated carbocycles. The second-order valence-electron chi connectivity index (χ2n) is 3.61. The molecule has 0 aliphatic rings. The summed E-state index contributed by atoms with van der Waals surface area (Å²) < 4.78 is 5.07. The molecule has 2 aromatic carbocycles. The van der Waals surface area contributed by atoms with Gasteiger partial charge in [0.1, 0.15) is 11.5 Å². The van der Waals surface area contributed by atoms with Crippen LogP contribution in [0.25, 0.3) is 11.1 Å². The summed E-state index contributed by atoms with van der Waals surface area (Å²) in [6.45, 7) is 0. The second-order valence-corrected chi connectivity index (χ2v) is 3.61. The molecule has 0 amide bonds. The topological polar surface area (TPSA) is 53.2 Å². The molecule has 0 fully saturated rings. The number of ether oxygens (including phenoxy) is 1. The molecule has 3 heteroatoms. The summed E-state index contributed by atoms with van der Waals surface area (Å²) in [6.07, 6.45) is 0. The van der Waals surface area contributed by atoms with E-state index in [1.807, 2.05) is 30.3 Å². The van der Waals surface area contributed by atoms with Crippen LogP contribution in [0.3, 0.4) is 0 Å². The SMILES string of the molecule is COc1ccc(-c2cc(O)cc(C#N)c2)cc1. The normalized spacial score (nSPS) is 9.65. The lowest BCUT2D eigenvalue weighted by atomic mass is 10.0. The van der Waals surface area contributed by atoms with Crippen LogP contribution in [0.5, 0.6) is 11.5 Å². The summed E-state index contributed by atoms with van der Waals surface area (Å²) in [7, 11) is 1.61. The minimum atomic E-state index is 0.0925. The molecule has 0 aromatic heterocycles. The number of nitrogens with zero attached hydrogens (tertiary/aromatic N) is 1. The van der Waals surface area contributed by atoms with Crippen molar-refractivity contribution in [3.8, 4) is 28.7 Å². The van der Waals surface area contributed by atoms with Crippen molar-refractivity contribution >= 4 is 0 Å². The average Bonchev–Trinajstić information content (AvgIpc) is 2.38. The van der Waals surface area contributed by atoms with Gasteiger partial charge in [0.05, 0.1) is 18.7 Å². The first-order valence-corrected chi connectivity index (χ1v) is 5.11. The van der Waals surface area contributed by atoms with Crippen LogP contribution in [-0.2, 0) is 0 Å². The number of rotatable bonds is 2. The van der Waals surface area contributed by atoms with E-state index in [0.29, 0.717) is 5.56 Å². The highest BCUT2D eigenvalue weighted by atomic mass is 16.5. The Labute approximate surface area is 99.5 Å². The van der Waals surface area contributed by atoms with Gasteiger partial charge in [-0.05, 0) is 41.5 Å². The van der Waals surface area contributed by atoms with Gasteiger partial charge in [-0.25, -0.2) is 0 Å². The third-order valence-electron chi connectivity index (χ3n) is 2.47. The zero-order valence-corrected chi connectivity index (χ0v) is 9.34. The summed E-state index contributed by atoms with van der Waals surface area (Å²) in [5, 5.41) is 18.3. The fourth-order valence-corrected chi connectivity index (χ4v) is 1.63. The van der Waals surface area contributed by atoms with E-state index in [2.05, 4.69) is 0 Å². The number of hydrogen-bond donors (Lipinski definition) is 1. The summed E-state index contributed by atoms with van der Waals surface area (Å²) in [4.78, 5) is 0. The van der Waals surface area contributed by atoms with E-state index in [0.717, 1.165) is 16.9 Å². The number of hydrogen-bond acceptors (Lipinski definition) is 3. The second kappa shape index (κ2) is 4.58. The van der Waals surface area contributed by atoms with Crippen LogP contribution in [-0.4, -0.2) is 12.2 Å². The zero-order valence-electron chi connectivity index (χ0n) is 9.34. The molecule has 2 aromatic rings. The van der Waals surface area contributed by atoms with E-state index in [1.54, 1.807) is 19.2 Å². The van der Waals surface area contributed by atoms with Crippen LogP contribution in [0.1, 0.15) is 5.56 Å². The summed E-state index contributed by atoms with van der Waals surface area (Å²) in [5.74, 6) is 0.865. The van der Waals surface area contributed by atoms with E-state index in [9.17, 15) is 5.11 Å². The maximum atomic E-state index is 9.51. The number of phenolic OH excluding ortho intramolecular Hbond substituents is 1. The zero-order chi connectivity index (χ0) is 12.3. The lowest BCUT2D eigenvalue weighted by Crippen LogP contribution is -1.84. The van der Waals surface area contributed by atoms with Gasteiger partial charge >= 0.3 is 0 Å². The lowest BCUT2D eigenvalue weighted by Gasteiger charge is -2.05. The molecule has 84 valence electrons. The molecule has 0 aliphatic carbocycles. The third-order valence-corrected chi connectivity index (χ3v) is 2.47. The van der Waals surface area contributed by atoms with Crippen molar-refractivity contribution in [2.24, 2.45) is 0 Å². The van der Waals surface area contributed by atoms with Crippen molar-refractivity contribution in [1.82, 2.24) is 0 Å². The van der Waals surface area contributed by atoms with Crippen LogP contribution in [0.2, 0.25) is 0 Å². The highest BCUT2D eigenvalue weighted by Gasteiger charge is 2.02. The van der Waals surface area contributed by atoms with Gasteiger partial charge in [-0.15, -0.1) is 0 Å². The molecule has 3 nitrogen and oxygen atoms in total. The molecule has 1 N–H and O–H groups in total. The van der Waals surface area contributed by atoms with Gasteiger partial charge < -0.3 is 9.84 Å². The number of methoxy groups -OCH3 is 1. The van der Waals surface area contributed by atoms with Crippen LogP contribution in [0.4, 0.5) is 0 Å². The van der Waals surface area contributed by atoms with Crippen molar-refractivity contribution in [2.45, 2.75) is 0 Å². The van der Waals surface area contributed by atoms with E-state index in [4.69, 9.17) is 10.00 Å². The highest BCUT2D eigenvalue weighted by Crippen LogP contribution is 2.26. The van der Waals surface area contributed by atoms with E-state index >= 15 is 0 Å². The van der Waals surface area contributed by atoms with Crippen LogP contribution in [0, 0.1) is 11.3 Å². The van der Waals surface area contributed by atoms with Gasteiger partial charge in [0.15, 0.2) is 0 Å². The predicted octanol–water partition coefficient (Wildman–Crippen LogP) is 2.94. The fraction of sp³-hybridized carbons (Fsp3) is 0.0714. The molecule has 17 heavy (non-hydrogen) atoms. The molecule has 2 rings (SSSR count). The van der Waals surface area contributed by atoms with E-state index in [1.165, 1.54) is 6.07 Å². The highest BCUT2D eigenvalue weighted by molar-refractivity contribution is 5.67. The Kier molecular flexibility index (Phi) is 2.97. The molecular formula is C14H11NO2. The van der Waals surface area contributed by atoms with Crippen molar-refractivity contribution < 1.29 is 9.84 Å². The first-order chi connectivity index (χ1) is 8.22. The van der Waals surface area contributed by atoms with Gasteiger partial charge in [-0.1, -0.05) is 12.1 Å². The number of benzene rings is 2. The Morgan fingerprint density at radius 1 is 1.06 bits per heavy atom. The smallest absolute Gasteiger partial charge is 0.118 e. The standard InChI is InChI=1S/C14H11NO2/c1-17-14-4-2-11(3-5-14)12-6-10(9-15)7-13(16)8-12/h2-8,16H,1H3. The van der Waals surface area contributed by atoms with Gasteiger partial charge in [-0.3, -0.25) is 0 Å². The van der Waals surface area contributed by atoms with Crippen molar-refractivity contribution in [3.05, 3.63) is 48.0 Å². The van der Waals surface area contributed by atoms with Crippen LogP contribution >= 0.6 is 0 Å². The van der Waals surface area contributed by atoms with Crippen molar-refractivity contribution in [2.75, 3.05) is 7.11 Å². The maximum Gasteiger partial charge on any atom is 0.118 e. The Hall–Kier alpha value is -2.47. The summed E-state index contributed by atoms with van der Waals surface area (Å²) in [5.41, 5.74) is 2.18. The quantitative estimate of drug-likeness (QED) is 0.854. The molecular weight excluding hydrogens is 214 g/mol. The first kappa shape index (κ1) is 11.0. The number of aromatic hydroxyl groups is 1. The molecule has 0 heterocycles. The summed E-state index contributed by atoms with van der Waals surface area (Å²) >= 11 is 0. The van der Waals surface area contributed by atoms with Gasteiger partial charge in [0.2, 0.25) is 0 Å². The monoisotopic (exact) mass is 225 g/mol. The Bertz CT molecular complexity index is 568. The van der Waals surface area contributed by atoms with Gasteiger partial charge in [0.25, 0.3) is 0 Å². The summed E-state index contributed by atoms with van der Waals surface area (Å²) in [6, 6.07) is 14.3. The molecule has 0 bridgehead atoms.